The Morgan fingerprint density at radius 2 is 2.00 bits per heavy atom. The first-order valence-electron chi connectivity index (χ1n) is 3.97. The lowest BCUT2D eigenvalue weighted by atomic mass is 10.2. The number of rotatable bonds is 2. The Bertz CT molecular complexity index is 148. The van der Waals surface area contributed by atoms with E-state index in [2.05, 4.69) is 5.32 Å². The molecule has 0 amide bonds. The van der Waals surface area contributed by atoms with E-state index in [4.69, 9.17) is 5.11 Å². The van der Waals surface area contributed by atoms with E-state index in [1.807, 2.05) is 0 Å². The van der Waals surface area contributed by atoms with E-state index in [-0.39, 0.29) is 6.04 Å². The highest BCUT2D eigenvalue weighted by molar-refractivity contribution is 4.83. The van der Waals surface area contributed by atoms with Gasteiger partial charge in [-0.3, -0.25) is 0 Å². The average molecular weight is 183 g/mol. The van der Waals surface area contributed by atoms with Crippen molar-refractivity contribution in [2.24, 2.45) is 0 Å². The van der Waals surface area contributed by atoms with Crippen LogP contribution >= 0.6 is 0 Å². The predicted molar refractivity (Wildman–Crippen MR) is 37.7 cm³/mol. The molecule has 1 fully saturated rings. The third-order valence-electron chi connectivity index (χ3n) is 2.04. The van der Waals surface area contributed by atoms with Gasteiger partial charge in [0.1, 0.15) is 0 Å². The average Bonchev–Trinajstić information content (AvgIpc) is 2.29. The largest absolute Gasteiger partial charge is 0.401 e. The monoisotopic (exact) mass is 183 g/mol. The summed E-state index contributed by atoms with van der Waals surface area (Å²) in [6.07, 6.45) is -2.74. The molecule has 72 valence electrons. The minimum Gasteiger partial charge on any atom is -0.392 e. The van der Waals surface area contributed by atoms with Crippen molar-refractivity contribution in [3.8, 4) is 0 Å². The molecule has 1 rings (SSSR count). The molecule has 0 spiro atoms. The predicted octanol–water partition coefficient (Wildman–Crippen LogP) is 1.05. The maximum absolute atomic E-state index is 11.7. The number of nitrogens with one attached hydrogen (secondary N) is 1. The van der Waals surface area contributed by atoms with E-state index in [9.17, 15) is 13.2 Å². The molecule has 0 aromatic rings. The summed E-state index contributed by atoms with van der Waals surface area (Å²) in [4.78, 5) is 0. The molecule has 2 atom stereocenters. The number of alkyl halides is 3. The number of halogens is 3. The third-order valence-corrected chi connectivity index (χ3v) is 2.04. The molecule has 0 aliphatic heterocycles. The topological polar surface area (TPSA) is 32.3 Å². The molecule has 0 saturated heterocycles. The summed E-state index contributed by atoms with van der Waals surface area (Å²) in [5.41, 5.74) is 0. The Kier molecular flexibility index (Phi) is 2.95. The third kappa shape index (κ3) is 2.98. The zero-order valence-electron chi connectivity index (χ0n) is 6.56. The molecule has 2 N–H and O–H groups in total. The van der Waals surface area contributed by atoms with Crippen LogP contribution in [0.5, 0.6) is 0 Å². The van der Waals surface area contributed by atoms with Crippen molar-refractivity contribution in [1.82, 2.24) is 5.32 Å². The van der Waals surface area contributed by atoms with Gasteiger partial charge in [-0.25, -0.2) is 0 Å². The van der Waals surface area contributed by atoms with Crippen LogP contribution in [-0.4, -0.2) is 30.0 Å². The summed E-state index contributed by atoms with van der Waals surface area (Å²) in [5.74, 6) is 0. The lowest BCUT2D eigenvalue weighted by Gasteiger charge is -2.17. The van der Waals surface area contributed by atoms with Crippen LogP contribution in [0.1, 0.15) is 19.3 Å². The van der Waals surface area contributed by atoms with Gasteiger partial charge in [0.15, 0.2) is 0 Å². The van der Waals surface area contributed by atoms with Gasteiger partial charge in [0.05, 0.1) is 12.6 Å². The second kappa shape index (κ2) is 3.62. The lowest BCUT2D eigenvalue weighted by Crippen LogP contribution is -2.41. The van der Waals surface area contributed by atoms with Crippen LogP contribution in [-0.2, 0) is 0 Å². The normalized spacial score (nSPS) is 31.0. The highest BCUT2D eigenvalue weighted by Crippen LogP contribution is 2.20. The first-order valence-corrected chi connectivity index (χ1v) is 3.97. The van der Waals surface area contributed by atoms with Gasteiger partial charge in [0.25, 0.3) is 0 Å². The molecule has 12 heavy (non-hydrogen) atoms. The standard InChI is InChI=1S/C7H12F3NO/c8-7(9,10)4-11-5-2-1-3-6(5)12/h5-6,11-12H,1-4H2/t5-,6-/m0/s1. The van der Waals surface area contributed by atoms with Gasteiger partial charge in [-0.05, 0) is 19.3 Å². The second-order valence-corrected chi connectivity index (χ2v) is 3.10. The fourth-order valence-electron chi connectivity index (χ4n) is 1.43. The van der Waals surface area contributed by atoms with Gasteiger partial charge in [-0.1, -0.05) is 0 Å². The molecule has 0 radical (unpaired) electrons. The fraction of sp³-hybridized carbons (Fsp3) is 1.00. The van der Waals surface area contributed by atoms with Gasteiger partial charge < -0.3 is 10.4 Å². The molecule has 0 aromatic heterocycles. The Hall–Kier alpha value is -0.290. The number of hydrogen-bond acceptors (Lipinski definition) is 2. The minimum absolute atomic E-state index is 0.369. The molecule has 0 bridgehead atoms. The lowest BCUT2D eigenvalue weighted by molar-refractivity contribution is -0.127. The molecular formula is C7H12F3NO. The van der Waals surface area contributed by atoms with Crippen molar-refractivity contribution in [1.29, 1.82) is 0 Å². The SMILES string of the molecule is O[C@H]1CCC[C@@H]1NCC(F)(F)F. The summed E-state index contributed by atoms with van der Waals surface area (Å²) in [6, 6.07) is -0.369. The highest BCUT2D eigenvalue weighted by atomic mass is 19.4. The summed E-state index contributed by atoms with van der Waals surface area (Å²) in [6.45, 7) is -1.01. The van der Waals surface area contributed by atoms with E-state index in [1.54, 1.807) is 0 Å². The van der Waals surface area contributed by atoms with E-state index in [0.29, 0.717) is 12.8 Å². The molecule has 1 aliphatic rings. The van der Waals surface area contributed by atoms with Gasteiger partial charge in [0.2, 0.25) is 0 Å². The minimum atomic E-state index is -4.18. The molecule has 1 saturated carbocycles. The van der Waals surface area contributed by atoms with Crippen molar-refractivity contribution in [2.45, 2.75) is 37.6 Å². The van der Waals surface area contributed by atoms with Crippen molar-refractivity contribution in [2.75, 3.05) is 6.54 Å². The molecule has 0 heterocycles. The Morgan fingerprint density at radius 3 is 2.42 bits per heavy atom. The van der Waals surface area contributed by atoms with Crippen molar-refractivity contribution >= 4 is 0 Å². The van der Waals surface area contributed by atoms with Gasteiger partial charge in [-0.15, -0.1) is 0 Å². The molecule has 5 heteroatoms. The van der Waals surface area contributed by atoms with Crippen LogP contribution < -0.4 is 5.32 Å². The highest BCUT2D eigenvalue weighted by Gasteiger charge is 2.31. The Balaban J connectivity index is 2.23. The van der Waals surface area contributed by atoms with Crippen LogP contribution in [0.2, 0.25) is 0 Å². The summed E-state index contributed by atoms with van der Waals surface area (Å²) in [5, 5.41) is 11.5. The van der Waals surface area contributed by atoms with E-state index < -0.39 is 18.8 Å². The van der Waals surface area contributed by atoms with Crippen LogP contribution in [0.25, 0.3) is 0 Å². The first-order chi connectivity index (χ1) is 5.49. The Morgan fingerprint density at radius 1 is 1.33 bits per heavy atom. The Labute approximate surface area is 68.8 Å². The summed E-state index contributed by atoms with van der Waals surface area (Å²) < 4.78 is 35.1. The van der Waals surface area contributed by atoms with Crippen LogP contribution in [0.4, 0.5) is 13.2 Å². The van der Waals surface area contributed by atoms with Crippen molar-refractivity contribution in [3.63, 3.8) is 0 Å². The second-order valence-electron chi connectivity index (χ2n) is 3.10. The van der Waals surface area contributed by atoms with Crippen LogP contribution in [0.3, 0.4) is 0 Å². The summed E-state index contributed by atoms with van der Waals surface area (Å²) in [7, 11) is 0. The molecule has 0 unspecified atom stereocenters. The number of aliphatic hydroxyl groups excluding tert-OH is 1. The van der Waals surface area contributed by atoms with E-state index in [1.165, 1.54) is 0 Å². The van der Waals surface area contributed by atoms with Crippen LogP contribution in [0.15, 0.2) is 0 Å². The van der Waals surface area contributed by atoms with E-state index in [0.717, 1.165) is 6.42 Å². The molecule has 2 nitrogen and oxygen atoms in total. The molecule has 1 aliphatic carbocycles. The number of aliphatic hydroxyl groups is 1. The van der Waals surface area contributed by atoms with Crippen molar-refractivity contribution in [3.05, 3.63) is 0 Å². The first kappa shape index (κ1) is 9.80. The molecular weight excluding hydrogens is 171 g/mol. The quantitative estimate of drug-likeness (QED) is 0.670. The molecule has 0 aromatic carbocycles. The zero-order chi connectivity index (χ0) is 9.19. The maximum Gasteiger partial charge on any atom is 0.401 e. The zero-order valence-corrected chi connectivity index (χ0v) is 6.56. The van der Waals surface area contributed by atoms with Gasteiger partial charge in [0, 0.05) is 6.04 Å². The maximum atomic E-state index is 11.7. The van der Waals surface area contributed by atoms with Gasteiger partial charge in [-0.2, -0.15) is 13.2 Å². The van der Waals surface area contributed by atoms with Crippen LogP contribution in [0, 0.1) is 0 Å². The van der Waals surface area contributed by atoms with Gasteiger partial charge >= 0.3 is 6.18 Å². The number of hydrogen-bond donors (Lipinski definition) is 2. The van der Waals surface area contributed by atoms with E-state index >= 15 is 0 Å². The smallest absolute Gasteiger partial charge is 0.392 e. The van der Waals surface area contributed by atoms with Crippen molar-refractivity contribution < 1.29 is 18.3 Å². The summed E-state index contributed by atoms with van der Waals surface area (Å²) >= 11 is 0. The fourth-order valence-corrected chi connectivity index (χ4v) is 1.43.